The molecule has 1 aromatic rings. The van der Waals surface area contributed by atoms with E-state index in [1.807, 2.05) is 18.0 Å². The van der Waals surface area contributed by atoms with Crippen LogP contribution in [0.4, 0.5) is 15.8 Å². The van der Waals surface area contributed by atoms with E-state index in [1.54, 1.807) is 6.07 Å². The fourth-order valence-electron chi connectivity index (χ4n) is 1.50. The Morgan fingerprint density at radius 3 is 2.64 bits per heavy atom. The number of nitrogens with zero attached hydrogens (tertiary/aromatic N) is 1. The maximum absolute atomic E-state index is 13.1. The second-order valence-corrected chi connectivity index (χ2v) is 3.95. The first-order valence-electron chi connectivity index (χ1n) is 4.77. The zero-order valence-electron chi connectivity index (χ0n) is 8.92. The Kier molecular flexibility index (Phi) is 3.33. The Morgan fingerprint density at radius 2 is 2.07 bits per heavy atom. The van der Waals surface area contributed by atoms with Crippen LogP contribution < -0.4 is 10.6 Å². The molecule has 1 rings (SSSR count). The van der Waals surface area contributed by atoms with Gasteiger partial charge in [-0.1, -0.05) is 19.9 Å². The summed E-state index contributed by atoms with van der Waals surface area (Å²) in [4.78, 5) is 1.98. The Bertz CT molecular complexity index is 310. The van der Waals surface area contributed by atoms with Gasteiger partial charge in [-0.15, -0.1) is 0 Å². The summed E-state index contributed by atoms with van der Waals surface area (Å²) >= 11 is 0. The summed E-state index contributed by atoms with van der Waals surface area (Å²) in [5.41, 5.74) is 6.64. The van der Waals surface area contributed by atoms with Crippen molar-refractivity contribution in [3.05, 3.63) is 24.0 Å². The highest BCUT2D eigenvalue weighted by Crippen LogP contribution is 2.24. The van der Waals surface area contributed by atoms with Gasteiger partial charge in [0.1, 0.15) is 5.82 Å². The van der Waals surface area contributed by atoms with Crippen LogP contribution in [-0.4, -0.2) is 13.6 Å². The van der Waals surface area contributed by atoms with Crippen LogP contribution in [0.1, 0.15) is 13.8 Å². The molecular formula is C11H17FN2. The quantitative estimate of drug-likeness (QED) is 0.752. The van der Waals surface area contributed by atoms with E-state index >= 15 is 0 Å². The third-order valence-corrected chi connectivity index (χ3v) is 2.08. The molecule has 2 nitrogen and oxygen atoms in total. The van der Waals surface area contributed by atoms with Crippen molar-refractivity contribution in [1.29, 1.82) is 0 Å². The Balaban J connectivity index is 2.89. The summed E-state index contributed by atoms with van der Waals surface area (Å²) in [5, 5.41) is 0. The highest BCUT2D eigenvalue weighted by atomic mass is 19.1. The predicted molar refractivity (Wildman–Crippen MR) is 58.9 cm³/mol. The molecule has 0 aliphatic carbocycles. The van der Waals surface area contributed by atoms with Crippen LogP contribution in [0.15, 0.2) is 18.2 Å². The van der Waals surface area contributed by atoms with Gasteiger partial charge in [0, 0.05) is 13.6 Å². The normalized spacial score (nSPS) is 10.6. The lowest BCUT2D eigenvalue weighted by Gasteiger charge is -2.23. The summed E-state index contributed by atoms with van der Waals surface area (Å²) in [7, 11) is 1.92. The second-order valence-electron chi connectivity index (χ2n) is 3.95. The van der Waals surface area contributed by atoms with Gasteiger partial charge in [-0.05, 0) is 18.1 Å². The van der Waals surface area contributed by atoms with E-state index in [4.69, 9.17) is 5.73 Å². The molecule has 0 aliphatic heterocycles. The first kappa shape index (κ1) is 10.8. The third kappa shape index (κ3) is 2.37. The summed E-state index contributed by atoms with van der Waals surface area (Å²) < 4.78 is 13.1. The molecule has 0 bridgehead atoms. The summed E-state index contributed by atoms with van der Waals surface area (Å²) in [6, 6.07) is 4.89. The molecule has 78 valence electrons. The molecule has 1 aromatic carbocycles. The number of nitrogens with two attached hydrogens (primary N) is 1. The maximum Gasteiger partial charge on any atom is 0.148 e. The fourth-order valence-corrected chi connectivity index (χ4v) is 1.50. The van der Waals surface area contributed by atoms with Crippen LogP contribution in [0.25, 0.3) is 0 Å². The zero-order chi connectivity index (χ0) is 10.7. The number of benzene rings is 1. The van der Waals surface area contributed by atoms with Crippen LogP contribution in [0, 0.1) is 11.7 Å². The number of nitrogen functional groups attached to an aromatic ring is 1. The lowest BCUT2D eigenvalue weighted by Crippen LogP contribution is -2.23. The zero-order valence-corrected chi connectivity index (χ0v) is 8.92. The Hall–Kier alpha value is -1.25. The predicted octanol–water partition coefficient (Wildman–Crippen LogP) is 2.50. The molecule has 0 amide bonds. The van der Waals surface area contributed by atoms with Crippen molar-refractivity contribution in [2.75, 3.05) is 24.2 Å². The van der Waals surface area contributed by atoms with Crippen LogP contribution in [-0.2, 0) is 0 Å². The minimum absolute atomic E-state index is 0.232. The van der Waals surface area contributed by atoms with Gasteiger partial charge < -0.3 is 10.6 Å². The van der Waals surface area contributed by atoms with Gasteiger partial charge in [-0.25, -0.2) is 4.39 Å². The molecule has 0 unspecified atom stereocenters. The summed E-state index contributed by atoms with van der Waals surface area (Å²) in [6.07, 6.45) is 0. The van der Waals surface area contributed by atoms with Crippen LogP contribution in [0.5, 0.6) is 0 Å². The van der Waals surface area contributed by atoms with Crippen LogP contribution in [0.2, 0.25) is 0 Å². The van der Waals surface area contributed by atoms with Crippen LogP contribution in [0.3, 0.4) is 0 Å². The smallest absolute Gasteiger partial charge is 0.148 e. The number of rotatable bonds is 3. The number of para-hydroxylation sites is 1. The third-order valence-electron chi connectivity index (χ3n) is 2.08. The minimum Gasteiger partial charge on any atom is -0.395 e. The van der Waals surface area contributed by atoms with E-state index in [0.29, 0.717) is 5.92 Å². The van der Waals surface area contributed by atoms with Crippen molar-refractivity contribution >= 4 is 11.4 Å². The lowest BCUT2D eigenvalue weighted by molar-refractivity contribution is 0.623. The lowest BCUT2D eigenvalue weighted by atomic mass is 10.2. The van der Waals surface area contributed by atoms with E-state index in [9.17, 15) is 4.39 Å². The first-order valence-corrected chi connectivity index (χ1v) is 4.77. The van der Waals surface area contributed by atoms with Gasteiger partial charge in [-0.3, -0.25) is 0 Å². The van der Waals surface area contributed by atoms with Gasteiger partial charge in [0.2, 0.25) is 0 Å². The topological polar surface area (TPSA) is 29.3 Å². The molecular weight excluding hydrogens is 179 g/mol. The molecule has 14 heavy (non-hydrogen) atoms. The Morgan fingerprint density at radius 1 is 1.43 bits per heavy atom. The molecule has 0 fully saturated rings. The summed E-state index contributed by atoms with van der Waals surface area (Å²) in [6.45, 7) is 5.10. The van der Waals surface area contributed by atoms with E-state index in [-0.39, 0.29) is 11.5 Å². The largest absolute Gasteiger partial charge is 0.395 e. The average Bonchev–Trinajstić information content (AvgIpc) is 2.08. The molecule has 3 heteroatoms. The number of hydrogen-bond donors (Lipinski definition) is 1. The highest BCUT2D eigenvalue weighted by Gasteiger charge is 2.09. The van der Waals surface area contributed by atoms with E-state index in [0.717, 1.165) is 12.2 Å². The molecule has 0 heterocycles. The van der Waals surface area contributed by atoms with E-state index in [2.05, 4.69) is 13.8 Å². The number of halogens is 1. The molecule has 0 aromatic heterocycles. The number of hydrogen-bond acceptors (Lipinski definition) is 2. The summed E-state index contributed by atoms with van der Waals surface area (Å²) in [5.74, 6) is 0.181. The monoisotopic (exact) mass is 196 g/mol. The van der Waals surface area contributed by atoms with E-state index < -0.39 is 0 Å². The van der Waals surface area contributed by atoms with Gasteiger partial charge in [-0.2, -0.15) is 0 Å². The molecule has 0 saturated heterocycles. The maximum atomic E-state index is 13.1. The van der Waals surface area contributed by atoms with Crippen molar-refractivity contribution in [1.82, 2.24) is 0 Å². The van der Waals surface area contributed by atoms with Crippen molar-refractivity contribution in [2.45, 2.75) is 13.8 Å². The standard InChI is InChI=1S/C11H17FN2/c1-8(2)7-14(3)10-6-4-5-9(12)11(10)13/h4-6,8H,7,13H2,1-3H3. The van der Waals surface area contributed by atoms with Gasteiger partial charge in [0.05, 0.1) is 11.4 Å². The van der Waals surface area contributed by atoms with Crippen molar-refractivity contribution in [3.8, 4) is 0 Å². The second kappa shape index (κ2) is 4.31. The molecule has 0 saturated carbocycles. The molecule has 0 atom stereocenters. The van der Waals surface area contributed by atoms with Crippen LogP contribution >= 0.6 is 0 Å². The highest BCUT2D eigenvalue weighted by molar-refractivity contribution is 5.67. The van der Waals surface area contributed by atoms with E-state index in [1.165, 1.54) is 6.07 Å². The SMILES string of the molecule is CC(C)CN(C)c1cccc(F)c1N. The molecule has 0 spiro atoms. The fraction of sp³-hybridized carbons (Fsp3) is 0.455. The first-order chi connectivity index (χ1) is 6.52. The molecule has 0 aliphatic rings. The average molecular weight is 196 g/mol. The number of anilines is 2. The minimum atomic E-state index is -0.349. The molecule has 0 radical (unpaired) electrons. The van der Waals surface area contributed by atoms with Gasteiger partial charge in [0.15, 0.2) is 0 Å². The van der Waals surface area contributed by atoms with Crippen molar-refractivity contribution < 1.29 is 4.39 Å². The molecule has 2 N–H and O–H groups in total. The van der Waals surface area contributed by atoms with Crippen molar-refractivity contribution in [2.24, 2.45) is 5.92 Å². The van der Waals surface area contributed by atoms with Gasteiger partial charge in [0.25, 0.3) is 0 Å². The Labute approximate surface area is 84.5 Å². The van der Waals surface area contributed by atoms with Crippen molar-refractivity contribution in [3.63, 3.8) is 0 Å². The van der Waals surface area contributed by atoms with Gasteiger partial charge >= 0.3 is 0 Å².